The lowest BCUT2D eigenvalue weighted by atomic mass is 10.2. The molecule has 1 heterocycles. The summed E-state index contributed by atoms with van der Waals surface area (Å²) in [7, 11) is 1.57. The summed E-state index contributed by atoms with van der Waals surface area (Å²) in [5.74, 6) is 0.400. The van der Waals surface area contributed by atoms with Gasteiger partial charge < -0.3 is 14.6 Å². The Hall–Kier alpha value is -2.27. The molecule has 2 rings (SSSR count). The second kappa shape index (κ2) is 6.45. The van der Waals surface area contributed by atoms with Crippen LogP contribution in [0, 0.1) is 0 Å². The van der Waals surface area contributed by atoms with Gasteiger partial charge in [0.25, 0.3) is 5.56 Å². The zero-order valence-corrected chi connectivity index (χ0v) is 12.4. The molecule has 21 heavy (non-hydrogen) atoms. The van der Waals surface area contributed by atoms with Gasteiger partial charge >= 0.3 is 0 Å². The molecule has 1 N–H and O–H groups in total. The molecule has 0 aliphatic rings. The van der Waals surface area contributed by atoms with Crippen LogP contribution < -0.4 is 15.6 Å². The quantitative estimate of drug-likeness (QED) is 0.945. The number of carbonyl (C=O) groups excluding carboxylic acids is 1. The van der Waals surface area contributed by atoms with E-state index in [-0.39, 0.29) is 11.5 Å². The molecule has 0 bridgehead atoms. The number of nitrogens with one attached hydrogen (secondary N) is 1. The van der Waals surface area contributed by atoms with Gasteiger partial charge in [-0.3, -0.25) is 9.59 Å². The highest BCUT2D eigenvalue weighted by Crippen LogP contribution is 2.17. The number of nitrogens with zero attached hydrogens (tertiary/aromatic N) is 1. The summed E-state index contributed by atoms with van der Waals surface area (Å²) in [6.07, 6.45) is 1.45. The first-order valence-electron chi connectivity index (χ1n) is 6.34. The Bertz CT molecular complexity index is 695. The number of amides is 1. The molecule has 1 amide bonds. The molecule has 0 aliphatic carbocycles. The lowest BCUT2D eigenvalue weighted by Gasteiger charge is -2.15. The minimum absolute atomic E-state index is 0.281. The first-order valence-corrected chi connectivity index (χ1v) is 6.71. The summed E-state index contributed by atoms with van der Waals surface area (Å²) in [5, 5.41) is 3.14. The molecule has 1 aromatic heterocycles. The van der Waals surface area contributed by atoms with E-state index >= 15 is 0 Å². The van der Waals surface area contributed by atoms with E-state index in [0.717, 1.165) is 0 Å². The Kier molecular flexibility index (Phi) is 4.65. The molecule has 0 saturated carbocycles. The summed E-state index contributed by atoms with van der Waals surface area (Å²) in [4.78, 5) is 23.9. The van der Waals surface area contributed by atoms with Crippen molar-refractivity contribution in [2.45, 2.75) is 13.0 Å². The second-order valence-electron chi connectivity index (χ2n) is 4.49. The monoisotopic (exact) mass is 306 g/mol. The minimum Gasteiger partial charge on any atom is -0.497 e. The number of benzene rings is 1. The van der Waals surface area contributed by atoms with Crippen molar-refractivity contribution in [1.29, 1.82) is 0 Å². The fraction of sp³-hybridized carbons (Fsp3) is 0.200. The van der Waals surface area contributed by atoms with Crippen molar-refractivity contribution < 1.29 is 9.53 Å². The van der Waals surface area contributed by atoms with E-state index < -0.39 is 6.04 Å². The molecule has 0 spiro atoms. The average Bonchev–Trinajstić information content (AvgIpc) is 2.49. The van der Waals surface area contributed by atoms with Crippen molar-refractivity contribution in [1.82, 2.24) is 4.57 Å². The molecular weight excluding hydrogens is 292 g/mol. The topological polar surface area (TPSA) is 60.3 Å². The molecule has 0 radical (unpaired) electrons. The van der Waals surface area contributed by atoms with Crippen LogP contribution in [0.25, 0.3) is 0 Å². The molecule has 110 valence electrons. The fourth-order valence-corrected chi connectivity index (χ4v) is 1.99. The summed E-state index contributed by atoms with van der Waals surface area (Å²) < 4.78 is 6.34. The number of aromatic nitrogens is 1. The first kappa shape index (κ1) is 15.1. The second-order valence-corrected chi connectivity index (χ2v) is 4.92. The van der Waals surface area contributed by atoms with Crippen molar-refractivity contribution >= 4 is 23.2 Å². The number of rotatable bonds is 4. The maximum atomic E-state index is 12.2. The SMILES string of the molecule is COc1ccc(NC(=O)C(C)n2cc(Cl)ccc2=O)cc1. The first-order chi connectivity index (χ1) is 10.0. The molecule has 0 fully saturated rings. The predicted octanol–water partition coefficient (Wildman–Crippen LogP) is 2.71. The van der Waals surface area contributed by atoms with Gasteiger partial charge in [0.2, 0.25) is 5.91 Å². The number of halogens is 1. The summed E-state index contributed by atoms with van der Waals surface area (Å²) in [5.41, 5.74) is 0.347. The Labute approximate surface area is 127 Å². The molecule has 0 aliphatic heterocycles. The number of methoxy groups -OCH3 is 1. The van der Waals surface area contributed by atoms with Crippen LogP contribution in [0.1, 0.15) is 13.0 Å². The largest absolute Gasteiger partial charge is 0.497 e. The maximum Gasteiger partial charge on any atom is 0.251 e. The van der Waals surface area contributed by atoms with Gasteiger partial charge in [-0.05, 0) is 37.3 Å². The highest BCUT2D eigenvalue weighted by atomic mass is 35.5. The smallest absolute Gasteiger partial charge is 0.251 e. The van der Waals surface area contributed by atoms with Crippen molar-refractivity contribution in [3.8, 4) is 5.75 Å². The summed E-state index contributed by atoms with van der Waals surface area (Å²) in [6.45, 7) is 1.64. The zero-order valence-electron chi connectivity index (χ0n) is 11.7. The van der Waals surface area contributed by atoms with Crippen molar-refractivity contribution in [2.24, 2.45) is 0 Å². The normalized spacial score (nSPS) is 11.8. The van der Waals surface area contributed by atoms with Crippen LogP contribution in [-0.4, -0.2) is 17.6 Å². The molecule has 1 aromatic carbocycles. The molecule has 6 heteroatoms. The molecular formula is C15H15ClN2O3. The third-order valence-electron chi connectivity index (χ3n) is 3.06. The third kappa shape index (κ3) is 3.64. The van der Waals surface area contributed by atoms with Gasteiger partial charge in [0.1, 0.15) is 11.8 Å². The van der Waals surface area contributed by atoms with Gasteiger partial charge in [-0.1, -0.05) is 11.6 Å². The van der Waals surface area contributed by atoms with Crippen LogP contribution in [0.2, 0.25) is 5.02 Å². The number of ether oxygens (including phenoxy) is 1. The van der Waals surface area contributed by atoms with E-state index in [9.17, 15) is 9.59 Å². The number of hydrogen-bond donors (Lipinski definition) is 1. The van der Waals surface area contributed by atoms with E-state index in [2.05, 4.69) is 5.32 Å². The lowest BCUT2D eigenvalue weighted by Crippen LogP contribution is -2.30. The van der Waals surface area contributed by atoms with Crippen LogP contribution in [0.15, 0.2) is 47.4 Å². The Morgan fingerprint density at radius 2 is 1.90 bits per heavy atom. The molecule has 2 aromatic rings. The van der Waals surface area contributed by atoms with Crippen LogP contribution in [-0.2, 0) is 4.79 Å². The Morgan fingerprint density at radius 3 is 2.52 bits per heavy atom. The van der Waals surface area contributed by atoms with Gasteiger partial charge in [0.05, 0.1) is 12.1 Å². The lowest BCUT2D eigenvalue weighted by molar-refractivity contribution is -0.118. The van der Waals surface area contributed by atoms with Crippen molar-refractivity contribution in [3.63, 3.8) is 0 Å². The van der Waals surface area contributed by atoms with Crippen LogP contribution in [0.4, 0.5) is 5.69 Å². The minimum atomic E-state index is -0.668. The number of hydrogen-bond acceptors (Lipinski definition) is 3. The molecule has 1 unspecified atom stereocenters. The van der Waals surface area contributed by atoms with Crippen molar-refractivity contribution in [3.05, 3.63) is 58.0 Å². The summed E-state index contributed by atoms with van der Waals surface area (Å²) >= 11 is 5.85. The maximum absolute atomic E-state index is 12.2. The van der Waals surface area contributed by atoms with Gasteiger partial charge in [0, 0.05) is 18.0 Å². The van der Waals surface area contributed by atoms with E-state index in [0.29, 0.717) is 16.5 Å². The number of pyridine rings is 1. The van der Waals surface area contributed by atoms with Gasteiger partial charge in [-0.15, -0.1) is 0 Å². The number of anilines is 1. The van der Waals surface area contributed by atoms with E-state index in [1.54, 1.807) is 38.3 Å². The highest BCUT2D eigenvalue weighted by molar-refractivity contribution is 6.30. The van der Waals surface area contributed by atoms with Gasteiger partial charge in [0.15, 0.2) is 0 Å². The van der Waals surface area contributed by atoms with Crippen molar-refractivity contribution in [2.75, 3.05) is 12.4 Å². The third-order valence-corrected chi connectivity index (χ3v) is 3.28. The number of carbonyl (C=O) groups is 1. The highest BCUT2D eigenvalue weighted by Gasteiger charge is 2.16. The average molecular weight is 307 g/mol. The molecule has 0 saturated heterocycles. The van der Waals surface area contributed by atoms with Crippen LogP contribution >= 0.6 is 11.6 Å². The predicted molar refractivity (Wildman–Crippen MR) is 82.0 cm³/mol. The van der Waals surface area contributed by atoms with Crippen LogP contribution in [0.3, 0.4) is 0 Å². The van der Waals surface area contributed by atoms with Gasteiger partial charge in [-0.25, -0.2) is 0 Å². The Balaban J connectivity index is 2.15. The molecule has 1 atom stereocenters. The van der Waals surface area contributed by atoms with Crippen LogP contribution in [0.5, 0.6) is 5.75 Å². The van der Waals surface area contributed by atoms with E-state index in [1.807, 2.05) is 0 Å². The fourth-order valence-electron chi connectivity index (χ4n) is 1.83. The van der Waals surface area contributed by atoms with E-state index in [4.69, 9.17) is 16.3 Å². The zero-order chi connectivity index (χ0) is 15.4. The Morgan fingerprint density at radius 1 is 1.24 bits per heavy atom. The van der Waals surface area contributed by atoms with Gasteiger partial charge in [-0.2, -0.15) is 0 Å². The standard InChI is InChI=1S/C15H15ClN2O3/c1-10(18-9-11(16)3-8-14(18)19)15(20)17-12-4-6-13(21-2)7-5-12/h3-10H,1-2H3,(H,17,20). The van der Waals surface area contributed by atoms with E-state index in [1.165, 1.54) is 22.9 Å². The summed E-state index contributed by atoms with van der Waals surface area (Å²) in [6, 6.07) is 9.10. The molecule has 5 nitrogen and oxygen atoms in total.